The number of nitrogens with zero attached hydrogens (tertiary/aromatic N) is 1. The molecule has 0 aliphatic carbocycles. The number of carbonyl (C=O) groups is 1. The fraction of sp³-hybridized carbons (Fsp3) is 0.125. The van der Waals surface area contributed by atoms with Crippen molar-refractivity contribution in [3.63, 3.8) is 0 Å². The van der Waals surface area contributed by atoms with Crippen LogP contribution in [0.25, 0.3) is 0 Å². The van der Waals surface area contributed by atoms with Gasteiger partial charge in [-0.2, -0.15) is 0 Å². The first kappa shape index (κ1) is 11.7. The first-order valence-electron chi connectivity index (χ1n) is 3.45. The van der Waals surface area contributed by atoms with Gasteiger partial charge in [-0.15, -0.1) is 12.4 Å². The quantitative estimate of drug-likeness (QED) is 0.426. The van der Waals surface area contributed by atoms with Gasteiger partial charge in [-0.1, -0.05) is 18.2 Å². The molecule has 1 rings (SSSR count). The monoisotopic (exact) mass is 202 g/mol. The van der Waals surface area contributed by atoms with Crippen LogP contribution in [0.4, 0.5) is 4.79 Å². The Kier molecular flexibility index (Phi) is 4.87. The molecule has 0 aromatic heterocycles. The van der Waals surface area contributed by atoms with E-state index in [9.17, 15) is 4.79 Å². The number of halogens is 1. The van der Waals surface area contributed by atoms with Crippen LogP contribution in [-0.4, -0.2) is 18.1 Å². The van der Waals surface area contributed by atoms with E-state index in [1.807, 2.05) is 6.07 Å². The molecule has 0 saturated carbocycles. The standard InChI is InChI=1S/C8H10N2O2.ClH/c1-10(9)8(11)12-7-5-3-2-4-6-7;/h2-6H,9H2,1H3;1H. The zero-order valence-corrected chi connectivity index (χ0v) is 7.95. The number of para-hydroxylation sites is 1. The first-order chi connectivity index (χ1) is 5.70. The van der Waals surface area contributed by atoms with Crippen molar-refractivity contribution in [1.82, 2.24) is 5.01 Å². The van der Waals surface area contributed by atoms with Gasteiger partial charge < -0.3 is 4.74 Å². The van der Waals surface area contributed by atoms with Crippen molar-refractivity contribution in [2.45, 2.75) is 0 Å². The molecule has 0 unspecified atom stereocenters. The lowest BCUT2D eigenvalue weighted by Gasteiger charge is -2.09. The van der Waals surface area contributed by atoms with Crippen LogP contribution in [0.5, 0.6) is 5.75 Å². The highest BCUT2D eigenvalue weighted by molar-refractivity contribution is 5.85. The topological polar surface area (TPSA) is 55.6 Å². The van der Waals surface area contributed by atoms with Crippen molar-refractivity contribution >= 4 is 18.5 Å². The van der Waals surface area contributed by atoms with Crippen molar-refractivity contribution < 1.29 is 9.53 Å². The van der Waals surface area contributed by atoms with E-state index in [0.29, 0.717) is 5.75 Å². The summed E-state index contributed by atoms with van der Waals surface area (Å²) in [6, 6.07) is 8.75. The summed E-state index contributed by atoms with van der Waals surface area (Å²) in [6.07, 6.45) is -0.582. The van der Waals surface area contributed by atoms with Crippen LogP contribution < -0.4 is 10.6 Å². The van der Waals surface area contributed by atoms with E-state index in [1.165, 1.54) is 7.05 Å². The summed E-state index contributed by atoms with van der Waals surface area (Å²) in [4.78, 5) is 10.9. The van der Waals surface area contributed by atoms with E-state index in [0.717, 1.165) is 5.01 Å². The minimum atomic E-state index is -0.582. The predicted octanol–water partition coefficient (Wildman–Crippen LogP) is 1.41. The summed E-state index contributed by atoms with van der Waals surface area (Å²) in [6.45, 7) is 0. The molecule has 0 radical (unpaired) electrons. The number of hydrogen-bond acceptors (Lipinski definition) is 3. The van der Waals surface area contributed by atoms with E-state index in [2.05, 4.69) is 0 Å². The lowest BCUT2D eigenvalue weighted by Crippen LogP contribution is -2.35. The molecule has 1 aromatic rings. The van der Waals surface area contributed by atoms with Gasteiger partial charge in [0.2, 0.25) is 0 Å². The summed E-state index contributed by atoms with van der Waals surface area (Å²) >= 11 is 0. The molecule has 4 nitrogen and oxygen atoms in total. The summed E-state index contributed by atoms with van der Waals surface area (Å²) in [7, 11) is 1.42. The van der Waals surface area contributed by atoms with Crippen LogP contribution in [0.2, 0.25) is 0 Å². The number of benzene rings is 1. The Balaban J connectivity index is 0.00000144. The average molecular weight is 203 g/mol. The molecule has 1 amide bonds. The minimum Gasteiger partial charge on any atom is -0.409 e. The molecule has 0 heterocycles. The summed E-state index contributed by atoms with van der Waals surface area (Å²) < 4.78 is 4.84. The Morgan fingerprint density at radius 3 is 2.38 bits per heavy atom. The van der Waals surface area contributed by atoms with Gasteiger partial charge in [0.25, 0.3) is 0 Å². The number of nitrogens with two attached hydrogens (primary N) is 1. The zero-order chi connectivity index (χ0) is 8.97. The van der Waals surface area contributed by atoms with Gasteiger partial charge in [0, 0.05) is 7.05 Å². The number of amides is 1. The van der Waals surface area contributed by atoms with Crippen molar-refractivity contribution in [2.75, 3.05) is 7.05 Å². The second kappa shape index (κ2) is 5.40. The molecular weight excluding hydrogens is 192 g/mol. The number of rotatable bonds is 1. The Morgan fingerprint density at radius 1 is 1.38 bits per heavy atom. The van der Waals surface area contributed by atoms with Crippen LogP contribution in [0.15, 0.2) is 30.3 Å². The molecule has 0 fully saturated rings. The van der Waals surface area contributed by atoms with Crippen LogP contribution in [0.1, 0.15) is 0 Å². The molecule has 1 aromatic carbocycles. The molecule has 0 spiro atoms. The van der Waals surface area contributed by atoms with Gasteiger partial charge in [0.15, 0.2) is 0 Å². The third-order valence-electron chi connectivity index (χ3n) is 1.24. The Bertz CT molecular complexity index is 264. The first-order valence-corrected chi connectivity index (χ1v) is 3.45. The number of ether oxygens (including phenoxy) is 1. The molecule has 13 heavy (non-hydrogen) atoms. The van der Waals surface area contributed by atoms with Gasteiger partial charge in [-0.25, -0.2) is 15.6 Å². The van der Waals surface area contributed by atoms with Crippen molar-refractivity contribution in [1.29, 1.82) is 0 Å². The van der Waals surface area contributed by atoms with E-state index < -0.39 is 6.09 Å². The van der Waals surface area contributed by atoms with Crippen molar-refractivity contribution in [2.24, 2.45) is 5.84 Å². The van der Waals surface area contributed by atoms with E-state index in [-0.39, 0.29) is 12.4 Å². The van der Waals surface area contributed by atoms with Gasteiger partial charge in [-0.3, -0.25) is 0 Å². The van der Waals surface area contributed by atoms with Gasteiger partial charge in [-0.05, 0) is 12.1 Å². The number of hydrazine groups is 1. The maximum Gasteiger partial charge on any atom is 0.429 e. The minimum absolute atomic E-state index is 0. The molecule has 0 bridgehead atoms. The fourth-order valence-electron chi connectivity index (χ4n) is 0.661. The average Bonchev–Trinajstić information content (AvgIpc) is 2.06. The summed E-state index contributed by atoms with van der Waals surface area (Å²) in [5, 5.41) is 0.882. The number of carbonyl (C=O) groups excluding carboxylic acids is 1. The normalized spacial score (nSPS) is 8.46. The third kappa shape index (κ3) is 3.78. The second-order valence-electron chi connectivity index (χ2n) is 2.29. The SMILES string of the molecule is CN(N)C(=O)Oc1ccccc1.Cl. The Labute approximate surface area is 82.7 Å². The van der Waals surface area contributed by atoms with Crippen molar-refractivity contribution in [3.8, 4) is 5.75 Å². The van der Waals surface area contributed by atoms with Gasteiger partial charge >= 0.3 is 6.09 Å². The Morgan fingerprint density at radius 2 is 1.92 bits per heavy atom. The molecule has 0 saturated heterocycles. The lowest BCUT2D eigenvalue weighted by molar-refractivity contribution is 0.163. The lowest BCUT2D eigenvalue weighted by atomic mass is 10.3. The maximum absolute atomic E-state index is 10.9. The highest BCUT2D eigenvalue weighted by atomic mass is 35.5. The molecule has 0 atom stereocenters. The molecule has 5 heteroatoms. The highest BCUT2D eigenvalue weighted by Crippen LogP contribution is 2.08. The van der Waals surface area contributed by atoms with E-state index in [4.69, 9.17) is 10.6 Å². The van der Waals surface area contributed by atoms with Crippen LogP contribution >= 0.6 is 12.4 Å². The summed E-state index contributed by atoms with van der Waals surface area (Å²) in [5.41, 5.74) is 0. The third-order valence-corrected chi connectivity index (χ3v) is 1.24. The zero-order valence-electron chi connectivity index (χ0n) is 7.14. The van der Waals surface area contributed by atoms with Crippen LogP contribution in [-0.2, 0) is 0 Å². The molecule has 0 aliphatic heterocycles. The van der Waals surface area contributed by atoms with Crippen molar-refractivity contribution in [3.05, 3.63) is 30.3 Å². The largest absolute Gasteiger partial charge is 0.429 e. The second-order valence-corrected chi connectivity index (χ2v) is 2.29. The van der Waals surface area contributed by atoms with Gasteiger partial charge in [0.05, 0.1) is 0 Å². The Hall–Kier alpha value is -1.26. The smallest absolute Gasteiger partial charge is 0.409 e. The maximum atomic E-state index is 10.9. The fourth-order valence-corrected chi connectivity index (χ4v) is 0.661. The van der Waals surface area contributed by atoms with E-state index in [1.54, 1.807) is 24.3 Å². The van der Waals surface area contributed by atoms with E-state index >= 15 is 0 Å². The molecule has 72 valence electrons. The molecule has 0 aliphatic rings. The number of hydrogen-bond donors (Lipinski definition) is 1. The van der Waals surface area contributed by atoms with Gasteiger partial charge in [0.1, 0.15) is 5.75 Å². The van der Waals surface area contributed by atoms with Crippen LogP contribution in [0, 0.1) is 0 Å². The molecule has 2 N–H and O–H groups in total. The molecular formula is C8H11ClN2O2. The van der Waals surface area contributed by atoms with Crippen LogP contribution in [0.3, 0.4) is 0 Å². The highest BCUT2D eigenvalue weighted by Gasteiger charge is 2.05. The predicted molar refractivity (Wildman–Crippen MR) is 51.7 cm³/mol. The summed E-state index contributed by atoms with van der Waals surface area (Å²) in [5.74, 6) is 5.63.